The number of thioether (sulfide) groups is 1. The maximum absolute atomic E-state index is 10.2. The zero-order valence-electron chi connectivity index (χ0n) is 12.0. The number of hydrogen-bond acceptors (Lipinski definition) is 11. The van der Waals surface area contributed by atoms with E-state index in [1.807, 2.05) is 0 Å². The molecule has 11 heteroatoms. The van der Waals surface area contributed by atoms with Crippen LogP contribution in [-0.4, -0.2) is 108 Å². The molecule has 0 radical (unpaired) electrons. The minimum atomic E-state index is -1.55. The Morgan fingerprint density at radius 1 is 0.739 bits per heavy atom. The second-order valence-corrected chi connectivity index (χ2v) is 7.32. The van der Waals surface area contributed by atoms with Gasteiger partial charge in [0.25, 0.3) is 0 Å². The Hall–Kier alpha value is 0.340. The molecule has 0 bridgehead atoms. The quantitative estimate of drug-likeness (QED) is 0.230. The molecular formula is C12H22O9S2. The van der Waals surface area contributed by atoms with Gasteiger partial charge < -0.3 is 45.2 Å². The molecule has 2 saturated heterocycles. The molecule has 9 nitrogen and oxygen atoms in total. The van der Waals surface area contributed by atoms with Crippen molar-refractivity contribution < 1.29 is 45.2 Å². The van der Waals surface area contributed by atoms with Crippen LogP contribution in [0.3, 0.4) is 0 Å². The molecule has 0 aromatic rings. The number of hydrogen-bond donors (Lipinski definition) is 8. The molecular weight excluding hydrogens is 352 g/mol. The molecule has 10 atom stereocenters. The summed E-state index contributed by atoms with van der Waals surface area (Å²) in [5.74, 6) is 0. The first-order chi connectivity index (χ1) is 10.8. The van der Waals surface area contributed by atoms with Crippen molar-refractivity contribution in [1.82, 2.24) is 0 Å². The van der Waals surface area contributed by atoms with Gasteiger partial charge in [-0.25, -0.2) is 0 Å². The second kappa shape index (κ2) is 8.15. The van der Waals surface area contributed by atoms with Gasteiger partial charge in [0.2, 0.25) is 0 Å². The van der Waals surface area contributed by atoms with Gasteiger partial charge in [0.1, 0.15) is 41.4 Å². The normalized spacial score (nSPS) is 51.7. The summed E-state index contributed by atoms with van der Waals surface area (Å²) >= 11 is 4.81. The van der Waals surface area contributed by atoms with Crippen LogP contribution in [0.25, 0.3) is 0 Å². The summed E-state index contributed by atoms with van der Waals surface area (Å²) in [4.78, 5) is 0. The summed E-state index contributed by atoms with van der Waals surface area (Å²) < 4.78 is 10.6. The molecule has 0 spiro atoms. The van der Waals surface area contributed by atoms with Crippen LogP contribution in [0.15, 0.2) is 0 Å². The third-order valence-electron chi connectivity index (χ3n) is 3.98. The smallest absolute Gasteiger partial charge is 0.132 e. The summed E-state index contributed by atoms with van der Waals surface area (Å²) in [5, 5.41) is 67.2. The minimum absolute atomic E-state index is 0.462. The fraction of sp³-hybridized carbons (Fsp3) is 1.00. The summed E-state index contributed by atoms with van der Waals surface area (Å²) in [6.07, 6.45) is -9.12. The lowest BCUT2D eigenvalue weighted by atomic mass is 10.0. The standard InChI is InChI=1S/C12H22O9S2/c13-1-3-5(15)6(16)9(19)12(21-3)23-10-4(2-14)20-11(22)8(18)7(10)17/h3-19,22H,1-2H2/t3-,4-,5-,6+,7-,8-,9-,10-,11-,12-/m1/s1. The average Bonchev–Trinajstić information content (AvgIpc) is 2.55. The van der Waals surface area contributed by atoms with Gasteiger partial charge in [-0.2, -0.15) is 0 Å². The van der Waals surface area contributed by atoms with Crippen LogP contribution in [0, 0.1) is 0 Å². The molecule has 0 unspecified atom stereocenters. The SMILES string of the molecule is OC[C@H]1O[C@H](S[C@H]2[C@H](O)[C@@H](O)[C@@H](S)O[C@@H]2CO)[C@H](O)[C@@H](O)[C@@H]1O. The highest BCUT2D eigenvalue weighted by Gasteiger charge is 2.49. The summed E-state index contributed by atoms with van der Waals surface area (Å²) in [6, 6.07) is 0. The van der Waals surface area contributed by atoms with E-state index < -0.39 is 72.1 Å². The van der Waals surface area contributed by atoms with E-state index in [9.17, 15) is 30.6 Å². The first-order valence-electron chi connectivity index (χ1n) is 7.08. The average molecular weight is 374 g/mol. The van der Waals surface area contributed by atoms with Gasteiger partial charge in [-0.3, -0.25) is 0 Å². The first kappa shape index (κ1) is 19.7. The molecule has 23 heavy (non-hydrogen) atoms. The van der Waals surface area contributed by atoms with E-state index in [1.54, 1.807) is 0 Å². The minimum Gasteiger partial charge on any atom is -0.394 e. The predicted octanol–water partition coefficient (Wildman–Crippen LogP) is -3.74. The van der Waals surface area contributed by atoms with Crippen LogP contribution in [0.4, 0.5) is 0 Å². The lowest BCUT2D eigenvalue weighted by Crippen LogP contribution is -2.60. The fourth-order valence-corrected chi connectivity index (χ4v) is 4.39. The van der Waals surface area contributed by atoms with Crippen LogP contribution in [-0.2, 0) is 9.47 Å². The Morgan fingerprint density at radius 3 is 1.91 bits per heavy atom. The number of aliphatic hydroxyl groups excluding tert-OH is 7. The van der Waals surface area contributed by atoms with Crippen molar-refractivity contribution >= 4 is 24.4 Å². The topological polar surface area (TPSA) is 160 Å². The van der Waals surface area contributed by atoms with E-state index in [-0.39, 0.29) is 0 Å². The molecule has 0 aliphatic carbocycles. The molecule has 136 valence electrons. The molecule has 2 heterocycles. The molecule has 2 fully saturated rings. The highest BCUT2D eigenvalue weighted by atomic mass is 32.2. The number of aliphatic hydroxyl groups is 7. The highest BCUT2D eigenvalue weighted by Crippen LogP contribution is 2.38. The first-order valence-corrected chi connectivity index (χ1v) is 8.54. The molecule has 2 aliphatic rings. The lowest BCUT2D eigenvalue weighted by molar-refractivity contribution is -0.206. The molecule has 2 rings (SSSR count). The lowest BCUT2D eigenvalue weighted by Gasteiger charge is -2.45. The molecule has 0 aromatic heterocycles. The Morgan fingerprint density at radius 2 is 1.35 bits per heavy atom. The molecule has 0 amide bonds. The van der Waals surface area contributed by atoms with Crippen molar-refractivity contribution in [2.24, 2.45) is 0 Å². The van der Waals surface area contributed by atoms with E-state index in [0.29, 0.717) is 0 Å². The van der Waals surface area contributed by atoms with E-state index >= 15 is 0 Å². The molecule has 0 saturated carbocycles. The highest BCUT2D eigenvalue weighted by molar-refractivity contribution is 8.00. The van der Waals surface area contributed by atoms with Crippen LogP contribution >= 0.6 is 24.4 Å². The van der Waals surface area contributed by atoms with E-state index in [2.05, 4.69) is 12.6 Å². The Labute approximate surface area is 142 Å². The molecule has 0 aromatic carbocycles. The maximum Gasteiger partial charge on any atom is 0.132 e. The maximum atomic E-state index is 10.2. The Bertz CT molecular complexity index is 386. The molecule has 7 N–H and O–H groups in total. The second-order valence-electron chi connectivity index (χ2n) is 5.53. The van der Waals surface area contributed by atoms with Gasteiger partial charge in [0, 0.05) is 0 Å². The van der Waals surface area contributed by atoms with Gasteiger partial charge in [0.05, 0.1) is 30.7 Å². The number of ether oxygens (including phenoxy) is 2. The van der Waals surface area contributed by atoms with Gasteiger partial charge in [-0.1, -0.05) is 0 Å². The van der Waals surface area contributed by atoms with E-state index in [1.165, 1.54) is 0 Å². The van der Waals surface area contributed by atoms with Crippen molar-refractivity contribution in [3.05, 3.63) is 0 Å². The van der Waals surface area contributed by atoms with E-state index in [4.69, 9.17) is 14.6 Å². The number of thiol groups is 1. The van der Waals surface area contributed by atoms with Crippen LogP contribution in [0.2, 0.25) is 0 Å². The molecule has 2 aliphatic heterocycles. The van der Waals surface area contributed by atoms with Crippen molar-refractivity contribution in [2.75, 3.05) is 13.2 Å². The van der Waals surface area contributed by atoms with Crippen LogP contribution < -0.4 is 0 Å². The van der Waals surface area contributed by atoms with Gasteiger partial charge in [-0.15, -0.1) is 24.4 Å². The van der Waals surface area contributed by atoms with Crippen molar-refractivity contribution in [2.45, 2.75) is 58.8 Å². The zero-order valence-corrected chi connectivity index (χ0v) is 13.7. The predicted molar refractivity (Wildman–Crippen MR) is 81.9 cm³/mol. The zero-order chi connectivity index (χ0) is 17.3. The monoisotopic (exact) mass is 374 g/mol. The van der Waals surface area contributed by atoms with Crippen molar-refractivity contribution in [3.63, 3.8) is 0 Å². The third kappa shape index (κ3) is 3.96. The third-order valence-corrected chi connectivity index (χ3v) is 5.96. The van der Waals surface area contributed by atoms with Gasteiger partial charge in [0.15, 0.2) is 0 Å². The fourth-order valence-electron chi connectivity index (χ4n) is 2.57. The Kier molecular flexibility index (Phi) is 6.96. The largest absolute Gasteiger partial charge is 0.394 e. The van der Waals surface area contributed by atoms with Crippen molar-refractivity contribution in [1.29, 1.82) is 0 Å². The van der Waals surface area contributed by atoms with Crippen LogP contribution in [0.5, 0.6) is 0 Å². The van der Waals surface area contributed by atoms with Gasteiger partial charge in [-0.05, 0) is 0 Å². The summed E-state index contributed by atoms with van der Waals surface area (Å²) in [6.45, 7) is -1.04. The van der Waals surface area contributed by atoms with Crippen LogP contribution in [0.1, 0.15) is 0 Å². The van der Waals surface area contributed by atoms with E-state index in [0.717, 1.165) is 11.8 Å². The number of rotatable bonds is 4. The van der Waals surface area contributed by atoms with Crippen molar-refractivity contribution in [3.8, 4) is 0 Å². The summed E-state index contributed by atoms with van der Waals surface area (Å²) in [5.41, 5.74) is -2.08. The Balaban J connectivity index is 2.11. The van der Waals surface area contributed by atoms with Gasteiger partial charge >= 0.3 is 0 Å². The summed E-state index contributed by atoms with van der Waals surface area (Å²) in [7, 11) is 0.